The van der Waals surface area contributed by atoms with Crippen LogP contribution in [0, 0.1) is 10.1 Å². The monoisotopic (exact) mass is 262 g/mol. The molecule has 0 aliphatic carbocycles. The van der Waals surface area contributed by atoms with Gasteiger partial charge in [-0.2, -0.15) is 0 Å². The van der Waals surface area contributed by atoms with E-state index < -0.39 is 4.92 Å². The standard InChI is InChI=1S/C11H14N6O2/c18-17(19)10-4-3-6-13-11(10)12-5-1-2-7-16-8-14-15-9-16/h3-4,6,8-9H,1-2,5,7H2,(H,12,13). The number of nitrogens with one attached hydrogen (secondary N) is 1. The second-order valence-corrected chi connectivity index (χ2v) is 3.96. The molecule has 0 aliphatic rings. The second-order valence-electron chi connectivity index (χ2n) is 3.96. The van der Waals surface area contributed by atoms with Crippen LogP contribution >= 0.6 is 0 Å². The third-order valence-electron chi connectivity index (χ3n) is 2.59. The van der Waals surface area contributed by atoms with Crippen LogP contribution in [0.25, 0.3) is 0 Å². The van der Waals surface area contributed by atoms with E-state index in [1.54, 1.807) is 18.7 Å². The van der Waals surface area contributed by atoms with Crippen molar-refractivity contribution in [2.75, 3.05) is 11.9 Å². The van der Waals surface area contributed by atoms with Crippen LogP contribution in [-0.4, -0.2) is 31.2 Å². The summed E-state index contributed by atoms with van der Waals surface area (Å²) in [6, 6.07) is 2.99. The summed E-state index contributed by atoms with van der Waals surface area (Å²) >= 11 is 0. The molecule has 0 bridgehead atoms. The topological polar surface area (TPSA) is 98.8 Å². The maximum atomic E-state index is 10.8. The average Bonchev–Trinajstić information content (AvgIpc) is 2.92. The molecule has 2 rings (SSSR count). The van der Waals surface area contributed by atoms with Gasteiger partial charge in [0.25, 0.3) is 0 Å². The largest absolute Gasteiger partial charge is 0.364 e. The lowest BCUT2D eigenvalue weighted by atomic mass is 10.3. The van der Waals surface area contributed by atoms with Gasteiger partial charge in [-0.15, -0.1) is 10.2 Å². The van der Waals surface area contributed by atoms with Crippen LogP contribution in [0.4, 0.5) is 11.5 Å². The maximum absolute atomic E-state index is 10.8. The Hall–Kier alpha value is -2.51. The number of rotatable bonds is 7. The number of hydrogen-bond donors (Lipinski definition) is 1. The Morgan fingerprint density at radius 1 is 1.32 bits per heavy atom. The van der Waals surface area contributed by atoms with Gasteiger partial charge in [-0.05, 0) is 18.9 Å². The van der Waals surface area contributed by atoms with E-state index in [9.17, 15) is 10.1 Å². The van der Waals surface area contributed by atoms with Crippen molar-refractivity contribution in [3.05, 3.63) is 41.1 Å². The summed E-state index contributed by atoms with van der Waals surface area (Å²) in [4.78, 5) is 14.3. The van der Waals surface area contributed by atoms with Crippen molar-refractivity contribution >= 4 is 11.5 Å². The van der Waals surface area contributed by atoms with Gasteiger partial charge < -0.3 is 9.88 Å². The molecule has 8 nitrogen and oxygen atoms in total. The zero-order valence-corrected chi connectivity index (χ0v) is 10.3. The first kappa shape index (κ1) is 12.9. The van der Waals surface area contributed by atoms with Gasteiger partial charge >= 0.3 is 5.69 Å². The molecule has 0 atom stereocenters. The summed E-state index contributed by atoms with van der Waals surface area (Å²) < 4.78 is 1.89. The molecule has 2 aromatic rings. The fraction of sp³-hybridized carbons (Fsp3) is 0.364. The summed E-state index contributed by atoms with van der Waals surface area (Å²) in [6.45, 7) is 1.47. The van der Waals surface area contributed by atoms with Crippen LogP contribution in [0.15, 0.2) is 31.0 Å². The molecule has 8 heteroatoms. The summed E-state index contributed by atoms with van der Waals surface area (Å²) in [5, 5.41) is 21.2. The number of nitro groups is 1. The third kappa shape index (κ3) is 3.73. The predicted octanol–water partition coefficient (Wildman–Crippen LogP) is 1.47. The van der Waals surface area contributed by atoms with Gasteiger partial charge in [-0.1, -0.05) is 0 Å². The van der Waals surface area contributed by atoms with E-state index in [1.165, 1.54) is 12.3 Å². The molecule has 0 spiro atoms. The van der Waals surface area contributed by atoms with E-state index in [0.717, 1.165) is 19.4 Å². The number of aryl methyl sites for hydroxylation is 1. The SMILES string of the molecule is O=[N+]([O-])c1cccnc1NCCCCn1cnnc1. The zero-order valence-electron chi connectivity index (χ0n) is 10.3. The summed E-state index contributed by atoms with van der Waals surface area (Å²) in [6.07, 6.45) is 6.68. The Morgan fingerprint density at radius 3 is 2.84 bits per heavy atom. The number of pyridine rings is 1. The maximum Gasteiger partial charge on any atom is 0.311 e. The number of nitrogens with zero attached hydrogens (tertiary/aromatic N) is 5. The molecule has 0 saturated heterocycles. The smallest absolute Gasteiger partial charge is 0.311 e. The first-order valence-electron chi connectivity index (χ1n) is 5.93. The van der Waals surface area contributed by atoms with Crippen molar-refractivity contribution in [1.29, 1.82) is 0 Å². The molecule has 2 aromatic heterocycles. The first-order chi connectivity index (χ1) is 9.27. The highest BCUT2D eigenvalue weighted by atomic mass is 16.6. The first-order valence-corrected chi connectivity index (χ1v) is 5.93. The molecule has 0 radical (unpaired) electrons. The Kier molecular flexibility index (Phi) is 4.38. The minimum Gasteiger partial charge on any atom is -0.364 e. The average molecular weight is 262 g/mol. The van der Waals surface area contributed by atoms with E-state index in [-0.39, 0.29) is 5.69 Å². The molecule has 0 fully saturated rings. The Bertz CT molecular complexity index is 528. The van der Waals surface area contributed by atoms with Gasteiger partial charge in [-0.3, -0.25) is 10.1 Å². The Balaban J connectivity index is 1.75. The van der Waals surface area contributed by atoms with E-state index >= 15 is 0 Å². The summed E-state index contributed by atoms with van der Waals surface area (Å²) in [7, 11) is 0. The van der Waals surface area contributed by atoms with Gasteiger partial charge in [0.2, 0.25) is 5.82 Å². The Labute approximate surface area is 109 Å². The van der Waals surface area contributed by atoms with E-state index in [4.69, 9.17) is 0 Å². The minimum atomic E-state index is -0.438. The molecule has 0 saturated carbocycles. The fourth-order valence-corrected chi connectivity index (χ4v) is 1.64. The van der Waals surface area contributed by atoms with Crippen LogP contribution < -0.4 is 5.32 Å². The molecule has 1 N–H and O–H groups in total. The van der Waals surface area contributed by atoms with Gasteiger partial charge in [0.1, 0.15) is 12.7 Å². The lowest BCUT2D eigenvalue weighted by Gasteiger charge is -2.05. The predicted molar refractivity (Wildman–Crippen MR) is 68.6 cm³/mol. The number of aromatic nitrogens is 4. The molecule has 100 valence electrons. The quantitative estimate of drug-likeness (QED) is 0.461. The van der Waals surface area contributed by atoms with Gasteiger partial charge in [-0.25, -0.2) is 4.98 Å². The lowest BCUT2D eigenvalue weighted by Crippen LogP contribution is -2.07. The molecule has 0 aromatic carbocycles. The van der Waals surface area contributed by atoms with Crippen LogP contribution in [0.3, 0.4) is 0 Å². The van der Waals surface area contributed by atoms with E-state index in [1.807, 2.05) is 4.57 Å². The summed E-state index contributed by atoms with van der Waals surface area (Å²) in [5.74, 6) is 0.316. The normalized spacial score (nSPS) is 10.3. The molecule has 0 aliphatic heterocycles. The van der Waals surface area contributed by atoms with Gasteiger partial charge in [0.15, 0.2) is 0 Å². The van der Waals surface area contributed by atoms with Crippen LogP contribution in [-0.2, 0) is 6.54 Å². The van der Waals surface area contributed by atoms with Crippen molar-refractivity contribution < 1.29 is 4.92 Å². The fourth-order valence-electron chi connectivity index (χ4n) is 1.64. The molecule has 0 amide bonds. The van der Waals surface area contributed by atoms with Gasteiger partial charge in [0, 0.05) is 25.4 Å². The van der Waals surface area contributed by atoms with Crippen LogP contribution in [0.2, 0.25) is 0 Å². The van der Waals surface area contributed by atoms with Crippen molar-refractivity contribution in [2.45, 2.75) is 19.4 Å². The molecule has 19 heavy (non-hydrogen) atoms. The van der Waals surface area contributed by atoms with E-state index in [2.05, 4.69) is 20.5 Å². The third-order valence-corrected chi connectivity index (χ3v) is 2.59. The molecule has 2 heterocycles. The van der Waals surface area contributed by atoms with Crippen molar-refractivity contribution in [2.24, 2.45) is 0 Å². The molecule has 0 unspecified atom stereocenters. The van der Waals surface area contributed by atoms with Crippen molar-refractivity contribution in [3.63, 3.8) is 0 Å². The number of hydrogen-bond acceptors (Lipinski definition) is 6. The van der Waals surface area contributed by atoms with Gasteiger partial charge in [0.05, 0.1) is 4.92 Å². The number of unbranched alkanes of at least 4 members (excludes halogenated alkanes) is 1. The van der Waals surface area contributed by atoms with Crippen LogP contribution in [0.5, 0.6) is 0 Å². The second kappa shape index (κ2) is 6.43. The van der Waals surface area contributed by atoms with Crippen molar-refractivity contribution in [1.82, 2.24) is 19.7 Å². The highest BCUT2D eigenvalue weighted by Crippen LogP contribution is 2.19. The zero-order chi connectivity index (χ0) is 13.5. The highest BCUT2D eigenvalue weighted by Gasteiger charge is 2.12. The molecular weight excluding hydrogens is 248 g/mol. The molecular formula is C11H14N6O2. The summed E-state index contributed by atoms with van der Waals surface area (Å²) in [5.41, 5.74) is 0.00121. The lowest BCUT2D eigenvalue weighted by molar-refractivity contribution is -0.384. The number of anilines is 1. The minimum absolute atomic E-state index is 0.00121. The Morgan fingerprint density at radius 2 is 2.11 bits per heavy atom. The van der Waals surface area contributed by atoms with Crippen molar-refractivity contribution in [3.8, 4) is 0 Å². The van der Waals surface area contributed by atoms with E-state index in [0.29, 0.717) is 12.4 Å². The highest BCUT2D eigenvalue weighted by molar-refractivity contribution is 5.54. The van der Waals surface area contributed by atoms with Crippen LogP contribution in [0.1, 0.15) is 12.8 Å².